The minimum Gasteiger partial charge on any atom is -0.480 e. The highest BCUT2D eigenvalue weighted by atomic mass is 32.1. The van der Waals surface area contributed by atoms with Crippen LogP contribution in [0.4, 0.5) is 0 Å². The summed E-state index contributed by atoms with van der Waals surface area (Å²) < 4.78 is 4.44. The van der Waals surface area contributed by atoms with E-state index in [9.17, 15) is 14.4 Å². The number of hydrogen-bond acceptors (Lipinski definition) is 5. The Bertz CT molecular complexity index is 549. The maximum Gasteiger partial charge on any atom is 0.326 e. The molecule has 0 saturated carbocycles. The first-order valence-electron chi connectivity index (χ1n) is 6.27. The van der Waals surface area contributed by atoms with E-state index in [0.29, 0.717) is 0 Å². The number of nitrogens with one attached hydrogen (secondary N) is 1. The molecule has 2 N–H and O–H groups in total. The van der Waals surface area contributed by atoms with Gasteiger partial charge in [-0.3, -0.25) is 9.59 Å². The molecule has 114 valence electrons. The van der Waals surface area contributed by atoms with Crippen LogP contribution < -0.4 is 5.32 Å². The minimum atomic E-state index is -1.19. The molecule has 0 aliphatic rings. The SMILES string of the molecule is COC(=O)CCC(NC(=O)/C=C/c1ccc(C)s1)C(=O)O. The van der Waals surface area contributed by atoms with E-state index in [1.807, 2.05) is 19.1 Å². The minimum absolute atomic E-state index is 0.0142. The quantitative estimate of drug-likeness (QED) is 0.589. The van der Waals surface area contributed by atoms with Crippen LogP contribution >= 0.6 is 11.3 Å². The predicted molar refractivity (Wildman–Crippen MR) is 78.9 cm³/mol. The fourth-order valence-corrected chi connectivity index (χ4v) is 2.32. The van der Waals surface area contributed by atoms with Crippen molar-refractivity contribution >= 4 is 35.3 Å². The Kier molecular flexibility index (Phi) is 6.61. The average Bonchev–Trinajstić information content (AvgIpc) is 2.86. The Morgan fingerprint density at radius 3 is 2.67 bits per heavy atom. The van der Waals surface area contributed by atoms with Crippen molar-refractivity contribution in [3.63, 3.8) is 0 Å². The van der Waals surface area contributed by atoms with Crippen molar-refractivity contribution in [2.24, 2.45) is 0 Å². The number of carbonyl (C=O) groups excluding carboxylic acids is 2. The number of ether oxygens (including phenoxy) is 1. The van der Waals surface area contributed by atoms with Gasteiger partial charge < -0.3 is 15.2 Å². The molecule has 1 rings (SSSR count). The zero-order valence-corrected chi connectivity index (χ0v) is 12.6. The first-order chi connectivity index (χ1) is 9.92. The number of aryl methyl sites for hydroxylation is 1. The summed E-state index contributed by atoms with van der Waals surface area (Å²) in [4.78, 5) is 35.7. The Labute approximate surface area is 126 Å². The lowest BCUT2D eigenvalue weighted by atomic mass is 10.1. The van der Waals surface area contributed by atoms with E-state index in [4.69, 9.17) is 5.11 Å². The summed E-state index contributed by atoms with van der Waals surface area (Å²) in [6.45, 7) is 1.95. The third kappa shape index (κ3) is 6.22. The topological polar surface area (TPSA) is 92.7 Å². The molecule has 0 fully saturated rings. The Morgan fingerprint density at radius 1 is 1.43 bits per heavy atom. The molecular formula is C14H17NO5S. The highest BCUT2D eigenvalue weighted by Crippen LogP contribution is 2.16. The number of methoxy groups -OCH3 is 1. The molecule has 1 unspecified atom stereocenters. The predicted octanol–water partition coefficient (Wildman–Crippen LogP) is 1.59. The molecule has 1 aromatic heterocycles. The zero-order valence-electron chi connectivity index (χ0n) is 11.8. The standard InChI is InChI=1S/C14H17NO5S/c1-9-3-4-10(21-9)5-7-12(16)15-11(14(18)19)6-8-13(17)20-2/h3-5,7,11H,6,8H2,1-2H3,(H,15,16)(H,18,19)/b7-5+. The van der Waals surface area contributed by atoms with Crippen molar-refractivity contribution in [1.82, 2.24) is 5.32 Å². The van der Waals surface area contributed by atoms with E-state index >= 15 is 0 Å². The van der Waals surface area contributed by atoms with Crippen LogP contribution in [0, 0.1) is 6.92 Å². The lowest BCUT2D eigenvalue weighted by Gasteiger charge is -2.12. The molecule has 0 spiro atoms. The molecule has 0 aromatic carbocycles. The summed E-state index contributed by atoms with van der Waals surface area (Å²) in [6, 6.07) is 2.68. The van der Waals surface area contributed by atoms with Gasteiger partial charge in [-0.15, -0.1) is 11.3 Å². The average molecular weight is 311 g/mol. The molecule has 1 aromatic rings. The lowest BCUT2D eigenvalue weighted by Crippen LogP contribution is -2.40. The second kappa shape index (κ2) is 8.21. The summed E-state index contributed by atoms with van der Waals surface area (Å²) in [7, 11) is 1.22. The second-order valence-electron chi connectivity index (χ2n) is 4.30. The Balaban J connectivity index is 2.54. The maximum absolute atomic E-state index is 11.7. The third-order valence-electron chi connectivity index (χ3n) is 2.64. The van der Waals surface area contributed by atoms with Gasteiger partial charge in [0.15, 0.2) is 0 Å². The molecule has 21 heavy (non-hydrogen) atoms. The van der Waals surface area contributed by atoms with Gasteiger partial charge in [0.25, 0.3) is 0 Å². The first-order valence-corrected chi connectivity index (χ1v) is 7.08. The summed E-state index contributed by atoms with van der Waals surface area (Å²) in [6.07, 6.45) is 2.81. The van der Waals surface area contributed by atoms with Gasteiger partial charge in [0.1, 0.15) is 6.04 Å². The van der Waals surface area contributed by atoms with Gasteiger partial charge in [-0.25, -0.2) is 4.79 Å². The van der Waals surface area contributed by atoms with E-state index in [2.05, 4.69) is 10.1 Å². The van der Waals surface area contributed by atoms with E-state index in [0.717, 1.165) is 9.75 Å². The van der Waals surface area contributed by atoms with Crippen LogP contribution in [0.2, 0.25) is 0 Å². The smallest absolute Gasteiger partial charge is 0.326 e. The molecule has 1 atom stereocenters. The van der Waals surface area contributed by atoms with Crippen molar-refractivity contribution in [1.29, 1.82) is 0 Å². The van der Waals surface area contributed by atoms with Gasteiger partial charge in [-0.1, -0.05) is 0 Å². The monoisotopic (exact) mass is 311 g/mol. The lowest BCUT2D eigenvalue weighted by molar-refractivity contribution is -0.143. The van der Waals surface area contributed by atoms with Crippen molar-refractivity contribution in [3.05, 3.63) is 28.0 Å². The summed E-state index contributed by atoms with van der Waals surface area (Å²) in [5.74, 6) is -2.22. The van der Waals surface area contributed by atoms with E-state index in [1.54, 1.807) is 6.08 Å². The number of thiophene rings is 1. The van der Waals surface area contributed by atoms with Gasteiger partial charge in [-0.2, -0.15) is 0 Å². The van der Waals surface area contributed by atoms with Crippen molar-refractivity contribution in [3.8, 4) is 0 Å². The maximum atomic E-state index is 11.7. The third-order valence-corrected chi connectivity index (χ3v) is 3.61. The van der Waals surface area contributed by atoms with Crippen molar-refractivity contribution < 1.29 is 24.2 Å². The number of hydrogen-bond donors (Lipinski definition) is 2. The second-order valence-corrected chi connectivity index (χ2v) is 5.62. The summed E-state index contributed by atoms with van der Waals surface area (Å²) in [5, 5.41) is 11.4. The first kappa shape index (κ1) is 16.9. The summed E-state index contributed by atoms with van der Waals surface area (Å²) in [5.41, 5.74) is 0. The largest absolute Gasteiger partial charge is 0.480 e. The molecule has 6 nitrogen and oxygen atoms in total. The van der Waals surface area contributed by atoms with Crippen LogP contribution in [0.3, 0.4) is 0 Å². The fourth-order valence-electron chi connectivity index (χ4n) is 1.54. The Morgan fingerprint density at radius 2 is 2.14 bits per heavy atom. The van der Waals surface area contributed by atoms with Crippen LogP contribution in [0.1, 0.15) is 22.6 Å². The number of amides is 1. The van der Waals surface area contributed by atoms with Gasteiger partial charge in [0, 0.05) is 22.3 Å². The number of rotatable bonds is 7. The van der Waals surface area contributed by atoms with Gasteiger partial charge in [-0.05, 0) is 31.6 Å². The van der Waals surface area contributed by atoms with E-state index < -0.39 is 23.9 Å². The molecule has 0 aliphatic heterocycles. The van der Waals surface area contributed by atoms with Crippen LogP contribution in [0.25, 0.3) is 6.08 Å². The molecule has 0 saturated heterocycles. The Hall–Kier alpha value is -2.15. The van der Waals surface area contributed by atoms with Crippen LogP contribution in [-0.4, -0.2) is 36.1 Å². The highest BCUT2D eigenvalue weighted by Gasteiger charge is 2.20. The molecule has 1 heterocycles. The zero-order chi connectivity index (χ0) is 15.8. The molecule has 1 amide bonds. The normalized spacial score (nSPS) is 12.1. The number of esters is 1. The number of carboxylic acid groups (broad SMARTS) is 1. The van der Waals surface area contributed by atoms with Crippen LogP contribution in [0.15, 0.2) is 18.2 Å². The molecule has 0 bridgehead atoms. The number of carbonyl (C=O) groups is 3. The molecule has 7 heteroatoms. The van der Waals surface area contributed by atoms with Crippen LogP contribution in [-0.2, 0) is 19.1 Å². The molecule has 0 aliphatic carbocycles. The van der Waals surface area contributed by atoms with Gasteiger partial charge in [0.05, 0.1) is 7.11 Å². The fraction of sp³-hybridized carbons (Fsp3) is 0.357. The summed E-state index contributed by atoms with van der Waals surface area (Å²) >= 11 is 1.53. The highest BCUT2D eigenvalue weighted by molar-refractivity contribution is 7.12. The van der Waals surface area contributed by atoms with Gasteiger partial charge in [0.2, 0.25) is 5.91 Å². The van der Waals surface area contributed by atoms with Crippen LogP contribution in [0.5, 0.6) is 0 Å². The molecule has 0 radical (unpaired) electrons. The van der Waals surface area contributed by atoms with Gasteiger partial charge >= 0.3 is 11.9 Å². The molecular weight excluding hydrogens is 294 g/mol. The van der Waals surface area contributed by atoms with Crippen molar-refractivity contribution in [2.45, 2.75) is 25.8 Å². The number of carboxylic acids is 1. The number of aliphatic carboxylic acids is 1. The van der Waals surface area contributed by atoms with Crippen molar-refractivity contribution in [2.75, 3.05) is 7.11 Å². The van der Waals surface area contributed by atoms with E-state index in [1.165, 1.54) is 24.5 Å². The van der Waals surface area contributed by atoms with E-state index in [-0.39, 0.29) is 12.8 Å².